The molecular weight excluding hydrogens is 292 g/mol. The maximum Gasteiger partial charge on any atom is 0.0657 e. The maximum atomic E-state index is 3.49. The fourth-order valence-corrected chi connectivity index (χ4v) is 3.33. The van der Waals surface area contributed by atoms with Crippen LogP contribution in [0.2, 0.25) is 0 Å². The van der Waals surface area contributed by atoms with Crippen LogP contribution in [0.4, 0.5) is 5.69 Å². The van der Waals surface area contributed by atoms with Crippen molar-refractivity contribution in [2.45, 2.75) is 13.3 Å². The predicted octanol–water partition coefficient (Wildman–Crippen LogP) is 4.66. The zero-order valence-corrected chi connectivity index (χ0v) is 13.8. The molecule has 0 amide bonds. The molecule has 4 rings (SSSR count). The lowest BCUT2D eigenvalue weighted by Gasteiger charge is -2.27. The van der Waals surface area contributed by atoms with Crippen molar-refractivity contribution in [2.75, 3.05) is 18.0 Å². The maximum absolute atomic E-state index is 3.49. The molecule has 24 heavy (non-hydrogen) atoms. The number of aryl methyl sites for hydroxylation is 1. The molecule has 0 fully saturated rings. The van der Waals surface area contributed by atoms with E-state index < -0.39 is 0 Å². The van der Waals surface area contributed by atoms with Crippen molar-refractivity contribution in [3.63, 3.8) is 0 Å². The third-order valence-electron chi connectivity index (χ3n) is 4.53. The molecule has 0 saturated heterocycles. The molecule has 1 N–H and O–H groups in total. The van der Waals surface area contributed by atoms with E-state index in [1.165, 1.54) is 27.9 Å². The lowest BCUT2D eigenvalue weighted by atomic mass is 10.1. The molecular formula is C22H20N2. The third kappa shape index (κ3) is 2.81. The van der Waals surface area contributed by atoms with Gasteiger partial charge in [0.25, 0.3) is 0 Å². The number of hydrogen-bond acceptors (Lipinski definition) is 1. The predicted molar refractivity (Wildman–Crippen MR) is 101 cm³/mol. The molecule has 1 aliphatic rings. The van der Waals surface area contributed by atoms with Crippen LogP contribution in [0, 0.1) is 18.8 Å². The second-order valence-corrected chi connectivity index (χ2v) is 6.19. The van der Waals surface area contributed by atoms with E-state index >= 15 is 0 Å². The van der Waals surface area contributed by atoms with Crippen molar-refractivity contribution in [2.24, 2.45) is 0 Å². The van der Waals surface area contributed by atoms with Crippen molar-refractivity contribution in [3.05, 3.63) is 77.5 Å². The number of para-hydroxylation sites is 1. The molecule has 0 bridgehead atoms. The third-order valence-corrected chi connectivity index (χ3v) is 4.53. The molecule has 1 aliphatic heterocycles. The second-order valence-electron chi connectivity index (χ2n) is 6.19. The van der Waals surface area contributed by atoms with Crippen molar-refractivity contribution in [1.82, 2.24) is 4.98 Å². The van der Waals surface area contributed by atoms with Crippen LogP contribution < -0.4 is 4.90 Å². The van der Waals surface area contributed by atoms with Crippen LogP contribution in [0.25, 0.3) is 10.9 Å². The standard InChI is InChI=1S/C22H20N2/c1-17-22(20-9-5-6-10-21(20)23-17)24-15-13-19(14-16-24)12-11-18-7-3-2-4-8-18/h2-10,13,23H,14-16H2,1H3. The summed E-state index contributed by atoms with van der Waals surface area (Å²) in [6.45, 7) is 4.09. The van der Waals surface area contributed by atoms with Crippen LogP contribution in [-0.4, -0.2) is 18.1 Å². The van der Waals surface area contributed by atoms with Crippen molar-refractivity contribution in [1.29, 1.82) is 0 Å². The lowest BCUT2D eigenvalue weighted by molar-refractivity contribution is 0.804. The SMILES string of the molecule is Cc1[nH]c2ccccc2c1N1CC=C(C#Cc2ccccc2)CC1. The summed E-state index contributed by atoms with van der Waals surface area (Å²) in [5.74, 6) is 6.59. The summed E-state index contributed by atoms with van der Waals surface area (Å²) >= 11 is 0. The Morgan fingerprint density at radius 3 is 2.54 bits per heavy atom. The Hall–Kier alpha value is -2.92. The van der Waals surface area contributed by atoms with E-state index in [4.69, 9.17) is 0 Å². The summed E-state index contributed by atoms with van der Waals surface area (Å²) in [5, 5.41) is 1.31. The second kappa shape index (κ2) is 6.29. The van der Waals surface area contributed by atoms with Crippen molar-refractivity contribution >= 4 is 16.6 Å². The van der Waals surface area contributed by atoms with Crippen molar-refractivity contribution < 1.29 is 0 Å². The molecule has 2 nitrogen and oxygen atoms in total. The fraction of sp³-hybridized carbons (Fsp3) is 0.182. The fourth-order valence-electron chi connectivity index (χ4n) is 3.33. The van der Waals surface area contributed by atoms with Gasteiger partial charge in [-0.1, -0.05) is 54.3 Å². The molecule has 0 aliphatic carbocycles. The van der Waals surface area contributed by atoms with E-state index in [-0.39, 0.29) is 0 Å². The normalized spacial score (nSPS) is 14.2. The van der Waals surface area contributed by atoms with Gasteiger partial charge >= 0.3 is 0 Å². The highest BCUT2D eigenvalue weighted by atomic mass is 15.1. The zero-order chi connectivity index (χ0) is 16.4. The molecule has 0 spiro atoms. The minimum Gasteiger partial charge on any atom is -0.365 e. The summed E-state index contributed by atoms with van der Waals surface area (Å²) in [5.41, 5.74) is 6.10. The van der Waals surface area contributed by atoms with Crippen LogP contribution in [0.3, 0.4) is 0 Å². The Morgan fingerprint density at radius 1 is 0.958 bits per heavy atom. The van der Waals surface area contributed by atoms with E-state index in [9.17, 15) is 0 Å². The van der Waals surface area contributed by atoms with Gasteiger partial charge in [-0.05, 0) is 31.5 Å². The highest BCUT2D eigenvalue weighted by molar-refractivity contribution is 5.95. The largest absolute Gasteiger partial charge is 0.365 e. The quantitative estimate of drug-likeness (QED) is 0.647. The minimum absolute atomic E-state index is 0.918. The van der Waals surface area contributed by atoms with E-state index in [2.05, 4.69) is 71.1 Å². The number of hydrogen-bond donors (Lipinski definition) is 1. The number of aromatic nitrogens is 1. The summed E-state index contributed by atoms with van der Waals surface area (Å²) in [4.78, 5) is 5.94. The Balaban J connectivity index is 1.56. The first-order valence-electron chi connectivity index (χ1n) is 8.39. The van der Waals surface area contributed by atoms with Gasteiger partial charge < -0.3 is 9.88 Å². The highest BCUT2D eigenvalue weighted by Crippen LogP contribution is 2.32. The minimum atomic E-state index is 0.918. The topological polar surface area (TPSA) is 19.0 Å². The number of H-pyrrole nitrogens is 1. The zero-order valence-electron chi connectivity index (χ0n) is 13.8. The molecule has 2 heterocycles. The molecule has 2 aromatic carbocycles. The number of aromatic amines is 1. The molecule has 3 aromatic rings. The van der Waals surface area contributed by atoms with Crippen LogP contribution in [0.5, 0.6) is 0 Å². The Labute approximate surface area is 142 Å². The van der Waals surface area contributed by atoms with Gasteiger partial charge in [-0.3, -0.25) is 0 Å². The molecule has 118 valence electrons. The van der Waals surface area contributed by atoms with Crippen molar-refractivity contribution in [3.8, 4) is 11.8 Å². The molecule has 2 heteroatoms. The monoisotopic (exact) mass is 312 g/mol. The van der Waals surface area contributed by atoms with Crippen LogP contribution in [0.1, 0.15) is 17.7 Å². The van der Waals surface area contributed by atoms with E-state index in [1.807, 2.05) is 18.2 Å². The first-order chi connectivity index (χ1) is 11.8. The van der Waals surface area contributed by atoms with Gasteiger partial charge in [0, 0.05) is 40.8 Å². The molecule has 0 saturated carbocycles. The molecule has 0 atom stereocenters. The number of nitrogens with zero attached hydrogens (tertiary/aromatic N) is 1. The average Bonchev–Trinajstić information content (AvgIpc) is 2.97. The molecule has 0 unspecified atom stereocenters. The van der Waals surface area contributed by atoms with Crippen LogP contribution in [-0.2, 0) is 0 Å². The highest BCUT2D eigenvalue weighted by Gasteiger charge is 2.17. The molecule has 1 aromatic heterocycles. The first-order valence-corrected chi connectivity index (χ1v) is 8.39. The number of benzene rings is 2. The lowest BCUT2D eigenvalue weighted by Crippen LogP contribution is -2.28. The van der Waals surface area contributed by atoms with Gasteiger partial charge in [0.2, 0.25) is 0 Å². The molecule has 0 radical (unpaired) electrons. The van der Waals surface area contributed by atoms with Gasteiger partial charge in [0.15, 0.2) is 0 Å². The van der Waals surface area contributed by atoms with Crippen LogP contribution >= 0.6 is 0 Å². The average molecular weight is 312 g/mol. The summed E-state index contributed by atoms with van der Waals surface area (Å²) in [6.07, 6.45) is 3.26. The van der Waals surface area contributed by atoms with Gasteiger partial charge in [-0.2, -0.15) is 0 Å². The Bertz CT molecular complexity index is 952. The van der Waals surface area contributed by atoms with Gasteiger partial charge in [0.05, 0.1) is 5.69 Å². The van der Waals surface area contributed by atoms with E-state index in [0.29, 0.717) is 0 Å². The number of nitrogens with one attached hydrogen (secondary N) is 1. The number of fused-ring (bicyclic) bond motifs is 1. The number of rotatable bonds is 1. The number of anilines is 1. The van der Waals surface area contributed by atoms with Gasteiger partial charge in [0.1, 0.15) is 0 Å². The summed E-state index contributed by atoms with van der Waals surface area (Å²) < 4.78 is 0. The Kier molecular flexibility index (Phi) is 3.84. The first kappa shape index (κ1) is 14.7. The van der Waals surface area contributed by atoms with Crippen LogP contribution in [0.15, 0.2) is 66.2 Å². The van der Waals surface area contributed by atoms with Gasteiger partial charge in [-0.25, -0.2) is 0 Å². The van der Waals surface area contributed by atoms with E-state index in [0.717, 1.165) is 25.1 Å². The summed E-state index contributed by atoms with van der Waals surface area (Å²) in [7, 11) is 0. The van der Waals surface area contributed by atoms with Gasteiger partial charge in [-0.15, -0.1) is 0 Å². The van der Waals surface area contributed by atoms with E-state index in [1.54, 1.807) is 0 Å². The summed E-state index contributed by atoms with van der Waals surface area (Å²) in [6, 6.07) is 18.7. The Morgan fingerprint density at radius 2 is 1.75 bits per heavy atom. The smallest absolute Gasteiger partial charge is 0.0657 e.